The molecule has 1 unspecified atom stereocenters. The molecule has 1 aromatic rings. The second kappa shape index (κ2) is 6.19. The van der Waals surface area contributed by atoms with E-state index in [-0.39, 0.29) is 10.8 Å². The van der Waals surface area contributed by atoms with Gasteiger partial charge >= 0.3 is 5.97 Å². The highest BCUT2D eigenvalue weighted by molar-refractivity contribution is 7.99. The summed E-state index contributed by atoms with van der Waals surface area (Å²) in [6, 6.07) is 1.63. The third kappa shape index (κ3) is 4.39. The van der Waals surface area contributed by atoms with Gasteiger partial charge in [-0.25, -0.2) is 14.2 Å². The molecule has 0 fully saturated rings. The Morgan fingerprint density at radius 2 is 2.35 bits per heavy atom. The highest BCUT2D eigenvalue weighted by atomic mass is 32.2. The molecule has 1 atom stereocenters. The molecular weight excluding hydrogens is 247 g/mol. The second-order valence-electron chi connectivity index (χ2n) is 3.19. The molecule has 0 spiro atoms. The lowest BCUT2D eigenvalue weighted by Gasteiger charge is -2.12. The Labute approximate surface area is 101 Å². The lowest BCUT2D eigenvalue weighted by atomic mass is 10.3. The number of nitrogens with zero attached hydrogens (tertiary/aromatic N) is 1. The molecule has 7 heteroatoms. The zero-order valence-electron chi connectivity index (χ0n) is 9.01. The molecule has 0 aliphatic carbocycles. The lowest BCUT2D eigenvalue weighted by Crippen LogP contribution is -2.41. The van der Waals surface area contributed by atoms with Gasteiger partial charge in [-0.15, -0.1) is 11.8 Å². The molecular formula is C10H11FN2O3S. The van der Waals surface area contributed by atoms with Crippen LogP contribution in [0.4, 0.5) is 4.39 Å². The van der Waals surface area contributed by atoms with E-state index >= 15 is 0 Å². The van der Waals surface area contributed by atoms with Gasteiger partial charge in [0.2, 0.25) is 5.91 Å². The van der Waals surface area contributed by atoms with Crippen molar-refractivity contribution in [2.75, 3.05) is 5.75 Å². The van der Waals surface area contributed by atoms with Crippen molar-refractivity contribution in [2.45, 2.75) is 18.0 Å². The topological polar surface area (TPSA) is 79.3 Å². The van der Waals surface area contributed by atoms with Crippen LogP contribution in [-0.2, 0) is 9.59 Å². The summed E-state index contributed by atoms with van der Waals surface area (Å²) in [5, 5.41) is 11.2. The first-order valence-corrected chi connectivity index (χ1v) is 5.72. The molecule has 1 aromatic heterocycles. The van der Waals surface area contributed by atoms with Crippen LogP contribution in [0, 0.1) is 5.82 Å². The second-order valence-corrected chi connectivity index (χ2v) is 4.20. The number of aliphatic carboxylic acids is 1. The monoisotopic (exact) mass is 258 g/mol. The summed E-state index contributed by atoms with van der Waals surface area (Å²) in [5.74, 6) is -2.10. The van der Waals surface area contributed by atoms with Gasteiger partial charge in [-0.2, -0.15) is 0 Å². The predicted molar refractivity (Wildman–Crippen MR) is 60.2 cm³/mol. The highest BCUT2D eigenvalue weighted by Crippen LogP contribution is 2.19. The fourth-order valence-corrected chi connectivity index (χ4v) is 1.95. The molecule has 2 N–H and O–H groups in total. The van der Waals surface area contributed by atoms with Gasteiger partial charge < -0.3 is 10.4 Å². The highest BCUT2D eigenvalue weighted by Gasteiger charge is 2.19. The van der Waals surface area contributed by atoms with E-state index in [1.54, 1.807) is 0 Å². The minimum atomic E-state index is -1.16. The van der Waals surface area contributed by atoms with E-state index in [1.165, 1.54) is 25.3 Å². The number of carboxylic acid groups (broad SMARTS) is 1. The molecule has 0 aliphatic heterocycles. The number of carbonyl (C=O) groups excluding carboxylic acids is 1. The van der Waals surface area contributed by atoms with Gasteiger partial charge in [0.05, 0.1) is 0 Å². The van der Waals surface area contributed by atoms with Crippen LogP contribution >= 0.6 is 11.8 Å². The number of nitrogens with one attached hydrogen (secondary N) is 1. The van der Waals surface area contributed by atoms with E-state index < -0.39 is 23.7 Å². The average Bonchev–Trinajstić information content (AvgIpc) is 2.25. The first kappa shape index (κ1) is 13.4. The molecule has 1 amide bonds. The Morgan fingerprint density at radius 3 is 2.88 bits per heavy atom. The molecule has 17 heavy (non-hydrogen) atoms. The average molecular weight is 258 g/mol. The fraction of sp³-hybridized carbons (Fsp3) is 0.300. The molecule has 1 rings (SSSR count). The molecule has 5 nitrogen and oxygen atoms in total. The first-order chi connectivity index (χ1) is 8.00. The molecule has 0 aliphatic rings. The van der Waals surface area contributed by atoms with Crippen LogP contribution < -0.4 is 5.32 Å². The van der Waals surface area contributed by atoms with Gasteiger partial charge in [0.1, 0.15) is 11.1 Å². The van der Waals surface area contributed by atoms with Crippen molar-refractivity contribution in [1.29, 1.82) is 0 Å². The van der Waals surface area contributed by atoms with E-state index in [0.29, 0.717) is 0 Å². The van der Waals surface area contributed by atoms with Crippen LogP contribution in [0.25, 0.3) is 0 Å². The van der Waals surface area contributed by atoms with Gasteiger partial charge in [0.15, 0.2) is 5.82 Å². The number of carboxylic acids is 1. The third-order valence-corrected chi connectivity index (χ3v) is 2.86. The van der Waals surface area contributed by atoms with Crippen LogP contribution in [0.2, 0.25) is 0 Å². The zero-order chi connectivity index (χ0) is 12.8. The van der Waals surface area contributed by atoms with Gasteiger partial charge in [-0.1, -0.05) is 0 Å². The van der Waals surface area contributed by atoms with E-state index in [4.69, 9.17) is 5.11 Å². The number of hydrogen-bond donors (Lipinski definition) is 2. The van der Waals surface area contributed by atoms with Crippen LogP contribution in [-0.4, -0.2) is 33.8 Å². The predicted octanol–water partition coefficient (Wildman–Crippen LogP) is 0.902. The Balaban J connectivity index is 2.61. The first-order valence-electron chi connectivity index (χ1n) is 4.74. The number of amides is 1. The van der Waals surface area contributed by atoms with Crippen molar-refractivity contribution in [3.8, 4) is 0 Å². The van der Waals surface area contributed by atoms with Crippen LogP contribution in [0.15, 0.2) is 23.4 Å². The number of carbonyl (C=O) groups is 2. The van der Waals surface area contributed by atoms with Crippen LogP contribution in [0.1, 0.15) is 6.92 Å². The number of rotatable bonds is 5. The minimum absolute atomic E-state index is 0.0167. The summed E-state index contributed by atoms with van der Waals surface area (Å²) in [5.41, 5.74) is 0. The smallest absolute Gasteiger partial charge is 0.327 e. The van der Waals surface area contributed by atoms with Crippen molar-refractivity contribution in [2.24, 2.45) is 0 Å². The Bertz CT molecular complexity index is 428. The van der Waals surface area contributed by atoms with E-state index in [0.717, 1.165) is 11.8 Å². The van der Waals surface area contributed by atoms with Crippen molar-refractivity contribution in [3.05, 3.63) is 24.1 Å². The summed E-state index contributed by atoms with van der Waals surface area (Å²) in [6.07, 6.45) is 1.42. The van der Waals surface area contributed by atoms with Crippen molar-refractivity contribution >= 4 is 23.6 Å². The number of hydrogen-bond acceptors (Lipinski definition) is 4. The van der Waals surface area contributed by atoms with Crippen LogP contribution in [0.5, 0.6) is 0 Å². The van der Waals surface area contributed by atoms with Gasteiger partial charge in [-0.05, 0) is 12.1 Å². The summed E-state index contributed by atoms with van der Waals surface area (Å²) in [6.45, 7) is 1.22. The van der Waals surface area contributed by atoms with E-state index in [1.807, 2.05) is 0 Å². The number of aromatic nitrogens is 1. The lowest BCUT2D eigenvalue weighted by molar-refractivity contribution is -0.140. The minimum Gasteiger partial charge on any atom is -0.480 e. The van der Waals surface area contributed by atoms with Gasteiger partial charge in [-0.3, -0.25) is 4.79 Å². The molecule has 92 valence electrons. The van der Waals surface area contributed by atoms with Crippen molar-refractivity contribution in [1.82, 2.24) is 10.3 Å². The maximum atomic E-state index is 13.2. The summed E-state index contributed by atoms with van der Waals surface area (Å²) < 4.78 is 13.2. The Morgan fingerprint density at radius 1 is 1.65 bits per heavy atom. The summed E-state index contributed by atoms with van der Waals surface area (Å²) in [7, 11) is 0. The number of thioether (sulfide) groups is 1. The Hall–Kier alpha value is -1.63. The van der Waals surface area contributed by atoms with E-state index in [9.17, 15) is 14.0 Å². The maximum Gasteiger partial charge on any atom is 0.327 e. The fourth-order valence-electron chi connectivity index (χ4n) is 1.06. The molecule has 0 saturated heterocycles. The van der Waals surface area contributed by atoms with E-state index in [2.05, 4.69) is 10.3 Å². The zero-order valence-corrected chi connectivity index (χ0v) is 9.83. The van der Waals surface area contributed by atoms with Gasteiger partial charge in [0.25, 0.3) is 0 Å². The standard InChI is InChI=1S/C10H11FN2O3S/c1-6(14)13-8(10(15)16)5-17-9-7(11)3-2-4-12-9/h2-4,8H,5H2,1H3,(H,13,14)(H,15,16). The number of pyridine rings is 1. The molecule has 1 heterocycles. The number of halogens is 1. The van der Waals surface area contributed by atoms with Crippen molar-refractivity contribution < 1.29 is 19.1 Å². The molecule has 0 saturated carbocycles. The largest absolute Gasteiger partial charge is 0.480 e. The van der Waals surface area contributed by atoms with Crippen LogP contribution in [0.3, 0.4) is 0 Å². The van der Waals surface area contributed by atoms with Crippen molar-refractivity contribution in [3.63, 3.8) is 0 Å². The third-order valence-electron chi connectivity index (χ3n) is 1.79. The normalized spacial score (nSPS) is 11.9. The molecule has 0 bridgehead atoms. The Kier molecular flexibility index (Phi) is 4.89. The SMILES string of the molecule is CC(=O)NC(CSc1ncccc1F)C(=O)O. The summed E-state index contributed by atoms with van der Waals surface area (Å²) >= 11 is 0.944. The molecule has 0 aromatic carbocycles. The molecule has 0 radical (unpaired) electrons. The maximum absolute atomic E-state index is 13.2. The van der Waals surface area contributed by atoms with Gasteiger partial charge in [0, 0.05) is 18.9 Å². The summed E-state index contributed by atoms with van der Waals surface area (Å²) in [4.78, 5) is 25.3. The quantitative estimate of drug-likeness (QED) is 0.767.